The van der Waals surface area contributed by atoms with Gasteiger partial charge in [0.05, 0.1) is 37.4 Å². The summed E-state index contributed by atoms with van der Waals surface area (Å²) in [5, 5.41) is 9.85. The number of para-hydroxylation sites is 1. The van der Waals surface area contributed by atoms with Gasteiger partial charge < -0.3 is 23.8 Å². The molecule has 0 aromatic heterocycles. The fourth-order valence-corrected chi connectivity index (χ4v) is 10.3. The van der Waals surface area contributed by atoms with Crippen molar-refractivity contribution in [2.45, 2.75) is 69.1 Å². The minimum Gasteiger partial charge on any atom is -0.394 e. The molecule has 0 radical (unpaired) electrons. The summed E-state index contributed by atoms with van der Waals surface area (Å²) >= 11 is 0. The summed E-state index contributed by atoms with van der Waals surface area (Å²) in [6.45, 7) is 5.80. The summed E-state index contributed by atoms with van der Waals surface area (Å²) in [5.74, 6) is -1.07. The fraction of sp³-hybridized carbons (Fsp3) is 0.400. The van der Waals surface area contributed by atoms with Crippen LogP contribution in [0, 0.1) is 5.92 Å². The lowest BCUT2D eigenvalue weighted by atomic mass is 9.82. The van der Waals surface area contributed by atoms with Crippen LogP contribution < -0.4 is 9.80 Å². The van der Waals surface area contributed by atoms with Gasteiger partial charge in [0.25, 0.3) is 5.91 Å². The van der Waals surface area contributed by atoms with Crippen molar-refractivity contribution in [3.8, 4) is 0 Å². The van der Waals surface area contributed by atoms with Crippen LogP contribution in [0.4, 0.5) is 21.2 Å². The standard InChI is InChI=1S/C35H40FN3O5Si/c1-24-33(45(2,3)36)31(20-32(42)37-18-10-15-28(37)22-40)44-35(24)29-19-27(39(23-41)26-13-8-5-9-14-26)16-17-30(29)38(34(35)43)21-25-11-6-4-7-12-25/h4-9,11-14,16-17,19,23-24,28,31,33,40H,10,15,18,20-22H2,1-3H3/t24-,28-,31+,33-,35+/m0/s1. The highest BCUT2D eigenvalue weighted by Gasteiger charge is 2.67. The highest BCUT2D eigenvalue weighted by molar-refractivity contribution is 6.72. The van der Waals surface area contributed by atoms with Gasteiger partial charge in [0.15, 0.2) is 5.60 Å². The number of hydrogen-bond acceptors (Lipinski definition) is 5. The molecule has 1 spiro atoms. The topological polar surface area (TPSA) is 90.4 Å². The Bertz CT molecular complexity index is 1570. The molecule has 3 amide bonds. The van der Waals surface area contributed by atoms with Crippen LogP contribution in [0.2, 0.25) is 18.6 Å². The van der Waals surface area contributed by atoms with Crippen LogP contribution in [0.1, 0.15) is 37.3 Å². The molecule has 10 heteroatoms. The predicted molar refractivity (Wildman–Crippen MR) is 173 cm³/mol. The minimum atomic E-state index is -3.50. The van der Waals surface area contributed by atoms with Crippen molar-refractivity contribution in [1.29, 1.82) is 0 Å². The highest BCUT2D eigenvalue weighted by atomic mass is 28.4. The third kappa shape index (κ3) is 5.38. The molecule has 45 heavy (non-hydrogen) atoms. The lowest BCUT2D eigenvalue weighted by Crippen LogP contribution is -2.45. The van der Waals surface area contributed by atoms with Crippen LogP contribution >= 0.6 is 0 Å². The zero-order chi connectivity index (χ0) is 31.9. The minimum absolute atomic E-state index is 0.0704. The number of fused-ring (bicyclic) bond motifs is 2. The number of anilines is 3. The molecule has 5 atom stereocenters. The maximum atomic E-state index is 16.3. The van der Waals surface area contributed by atoms with Crippen LogP contribution in [-0.4, -0.2) is 61.9 Å². The number of nitrogens with zero attached hydrogens (tertiary/aromatic N) is 3. The number of amides is 3. The Kier molecular flexibility index (Phi) is 8.40. The van der Waals surface area contributed by atoms with E-state index in [2.05, 4.69) is 0 Å². The van der Waals surface area contributed by atoms with Crippen LogP contribution in [0.5, 0.6) is 0 Å². The van der Waals surface area contributed by atoms with E-state index in [4.69, 9.17) is 4.74 Å². The van der Waals surface area contributed by atoms with Crippen molar-refractivity contribution >= 4 is 43.7 Å². The van der Waals surface area contributed by atoms with Gasteiger partial charge in [-0.25, -0.2) is 0 Å². The molecule has 8 nitrogen and oxygen atoms in total. The Balaban J connectivity index is 1.45. The van der Waals surface area contributed by atoms with E-state index in [0.717, 1.165) is 24.8 Å². The van der Waals surface area contributed by atoms with E-state index in [0.29, 0.717) is 29.2 Å². The molecule has 6 rings (SSSR count). The second kappa shape index (κ2) is 12.1. The number of aliphatic hydroxyl groups is 1. The van der Waals surface area contributed by atoms with Gasteiger partial charge in [-0.05, 0) is 61.8 Å². The van der Waals surface area contributed by atoms with Crippen molar-refractivity contribution < 1.29 is 28.3 Å². The first-order valence-electron chi connectivity index (χ1n) is 15.7. The fourth-order valence-electron chi connectivity index (χ4n) is 7.81. The van der Waals surface area contributed by atoms with Gasteiger partial charge in [0, 0.05) is 34.9 Å². The van der Waals surface area contributed by atoms with Crippen molar-refractivity contribution in [2.24, 2.45) is 5.92 Å². The Morgan fingerprint density at radius 3 is 2.42 bits per heavy atom. The molecule has 2 saturated heterocycles. The highest BCUT2D eigenvalue weighted by Crippen LogP contribution is 2.61. The number of ether oxygens (including phenoxy) is 1. The molecule has 236 valence electrons. The van der Waals surface area contributed by atoms with Crippen molar-refractivity contribution in [2.75, 3.05) is 23.0 Å². The number of rotatable bonds is 9. The average Bonchev–Trinajstić information content (AvgIpc) is 3.69. The van der Waals surface area contributed by atoms with E-state index in [-0.39, 0.29) is 37.4 Å². The van der Waals surface area contributed by atoms with E-state index in [9.17, 15) is 19.5 Å². The molecule has 3 heterocycles. The second-order valence-electron chi connectivity index (χ2n) is 12.9. The maximum absolute atomic E-state index is 16.3. The quantitative estimate of drug-likeness (QED) is 0.187. The molecule has 0 unspecified atom stereocenters. The molecule has 0 saturated carbocycles. The number of carbonyl (C=O) groups is 3. The normalized spacial score (nSPS) is 26.0. The third-order valence-corrected chi connectivity index (χ3v) is 12.3. The smallest absolute Gasteiger partial charge is 0.264 e. The first kappa shape index (κ1) is 31.1. The van der Waals surface area contributed by atoms with E-state index in [1.165, 1.54) is 4.90 Å². The van der Waals surface area contributed by atoms with Crippen LogP contribution in [0.25, 0.3) is 0 Å². The summed E-state index contributed by atoms with van der Waals surface area (Å²) in [5.41, 5.74) is 1.16. The molecule has 3 aliphatic heterocycles. The van der Waals surface area contributed by atoms with E-state index in [1.54, 1.807) is 29.0 Å². The largest absolute Gasteiger partial charge is 0.394 e. The van der Waals surface area contributed by atoms with Gasteiger partial charge in [0.2, 0.25) is 20.7 Å². The number of halogens is 1. The van der Waals surface area contributed by atoms with E-state index < -0.39 is 31.6 Å². The van der Waals surface area contributed by atoms with Crippen LogP contribution in [0.15, 0.2) is 78.9 Å². The molecule has 3 aromatic carbocycles. The van der Waals surface area contributed by atoms with Gasteiger partial charge in [-0.2, -0.15) is 0 Å². The maximum Gasteiger partial charge on any atom is 0.264 e. The molecular formula is C35H40FN3O5Si. The number of carbonyl (C=O) groups excluding carboxylic acids is 3. The van der Waals surface area contributed by atoms with Crippen molar-refractivity contribution in [3.63, 3.8) is 0 Å². The Morgan fingerprint density at radius 2 is 1.78 bits per heavy atom. The number of hydrogen-bond donors (Lipinski definition) is 1. The summed E-state index contributed by atoms with van der Waals surface area (Å²) in [4.78, 5) is 45.6. The number of likely N-dealkylation sites (tertiary alicyclic amines) is 1. The molecule has 0 aliphatic carbocycles. The summed E-state index contributed by atoms with van der Waals surface area (Å²) in [6, 6.07) is 24.0. The number of aliphatic hydroxyl groups excluding tert-OH is 1. The second-order valence-corrected chi connectivity index (χ2v) is 16.7. The Labute approximate surface area is 264 Å². The van der Waals surface area contributed by atoms with Gasteiger partial charge in [-0.3, -0.25) is 19.3 Å². The average molecular weight is 630 g/mol. The molecule has 1 N–H and O–H groups in total. The van der Waals surface area contributed by atoms with Gasteiger partial charge in [0.1, 0.15) is 0 Å². The third-order valence-electron chi connectivity index (χ3n) is 9.83. The summed E-state index contributed by atoms with van der Waals surface area (Å²) < 4.78 is 23.2. The zero-order valence-corrected chi connectivity index (χ0v) is 26.9. The van der Waals surface area contributed by atoms with Crippen molar-refractivity contribution in [1.82, 2.24) is 4.90 Å². The van der Waals surface area contributed by atoms with Crippen LogP contribution in [-0.2, 0) is 31.3 Å². The Hall–Kier alpha value is -3.86. The molecular weight excluding hydrogens is 589 g/mol. The first-order valence-corrected chi connectivity index (χ1v) is 18.6. The van der Waals surface area contributed by atoms with Gasteiger partial charge in [-0.15, -0.1) is 0 Å². The summed E-state index contributed by atoms with van der Waals surface area (Å²) in [7, 11) is -3.50. The molecule has 0 bridgehead atoms. The van der Waals surface area contributed by atoms with E-state index in [1.807, 2.05) is 79.7 Å². The lowest BCUT2D eigenvalue weighted by Gasteiger charge is -2.31. The van der Waals surface area contributed by atoms with Crippen LogP contribution in [0.3, 0.4) is 0 Å². The number of benzene rings is 3. The Morgan fingerprint density at radius 1 is 1.09 bits per heavy atom. The van der Waals surface area contributed by atoms with E-state index >= 15 is 4.11 Å². The molecule has 3 aromatic rings. The monoisotopic (exact) mass is 629 g/mol. The SMILES string of the molecule is C[C@H]1[C@H]([Si](C)(C)F)[C@@H](CC(=O)N2CCC[C@H]2CO)O[C@]12C(=O)N(Cc1ccccc1)c1ccc(N(C=O)c3ccccc3)cc12. The zero-order valence-electron chi connectivity index (χ0n) is 25.9. The summed E-state index contributed by atoms with van der Waals surface area (Å²) in [6.07, 6.45) is 1.36. The lowest BCUT2D eigenvalue weighted by molar-refractivity contribution is -0.150. The van der Waals surface area contributed by atoms with Gasteiger partial charge in [-0.1, -0.05) is 55.5 Å². The van der Waals surface area contributed by atoms with Gasteiger partial charge >= 0.3 is 0 Å². The van der Waals surface area contributed by atoms with Crippen molar-refractivity contribution in [3.05, 3.63) is 90.0 Å². The predicted octanol–water partition coefficient (Wildman–Crippen LogP) is 5.68. The molecule has 2 fully saturated rings. The molecule has 3 aliphatic rings. The first-order chi connectivity index (χ1) is 21.6.